The van der Waals surface area contributed by atoms with Gasteiger partial charge in [0.2, 0.25) is 0 Å². The summed E-state index contributed by atoms with van der Waals surface area (Å²) < 4.78 is 24.3. The SMILES string of the molecule is C[C@@]1(C(=O)NCc2ccc(-c3ccc(F)cc3)o2)CCCCO1. The van der Waals surface area contributed by atoms with Crippen molar-refractivity contribution in [2.24, 2.45) is 0 Å². The van der Waals surface area contributed by atoms with E-state index in [1.165, 1.54) is 12.1 Å². The van der Waals surface area contributed by atoms with Crippen molar-refractivity contribution in [1.29, 1.82) is 0 Å². The van der Waals surface area contributed by atoms with E-state index in [0.29, 0.717) is 24.7 Å². The Morgan fingerprint density at radius 2 is 2.00 bits per heavy atom. The quantitative estimate of drug-likeness (QED) is 0.936. The summed E-state index contributed by atoms with van der Waals surface area (Å²) in [6.07, 6.45) is 2.74. The van der Waals surface area contributed by atoms with Crippen molar-refractivity contribution in [2.75, 3.05) is 6.61 Å². The molecule has 1 fully saturated rings. The van der Waals surface area contributed by atoms with Crippen molar-refractivity contribution >= 4 is 5.91 Å². The largest absolute Gasteiger partial charge is 0.459 e. The van der Waals surface area contributed by atoms with Crippen LogP contribution in [-0.4, -0.2) is 18.1 Å². The highest BCUT2D eigenvalue weighted by Gasteiger charge is 2.35. The Bertz CT molecular complexity index is 672. The number of hydrogen-bond acceptors (Lipinski definition) is 3. The average Bonchev–Trinajstić information content (AvgIpc) is 3.03. The number of amides is 1. The molecule has 0 aliphatic carbocycles. The van der Waals surface area contributed by atoms with Crippen LogP contribution in [0.1, 0.15) is 31.9 Å². The van der Waals surface area contributed by atoms with E-state index in [0.717, 1.165) is 24.8 Å². The van der Waals surface area contributed by atoms with Crippen molar-refractivity contribution in [2.45, 2.75) is 38.3 Å². The van der Waals surface area contributed by atoms with E-state index in [1.54, 1.807) is 12.1 Å². The van der Waals surface area contributed by atoms with Crippen molar-refractivity contribution in [3.63, 3.8) is 0 Å². The number of benzene rings is 1. The first-order chi connectivity index (χ1) is 11.1. The Labute approximate surface area is 134 Å². The minimum Gasteiger partial charge on any atom is -0.459 e. The van der Waals surface area contributed by atoms with Crippen LogP contribution in [0, 0.1) is 5.82 Å². The lowest BCUT2D eigenvalue weighted by atomic mass is 9.95. The summed E-state index contributed by atoms with van der Waals surface area (Å²) in [4.78, 5) is 12.3. The number of ether oxygens (including phenoxy) is 1. The second-order valence-corrected chi connectivity index (χ2v) is 5.99. The summed E-state index contributed by atoms with van der Waals surface area (Å²) in [6.45, 7) is 2.76. The standard InChI is InChI=1S/C18H20FNO3/c1-18(10-2-3-11-22-18)17(21)20-12-15-8-9-16(23-15)13-4-6-14(19)7-5-13/h4-9H,2-3,10-12H2,1H3,(H,20,21)/t18-/m0/s1. The molecular formula is C18H20FNO3. The zero-order chi connectivity index (χ0) is 16.3. The molecule has 0 unspecified atom stereocenters. The fourth-order valence-electron chi connectivity index (χ4n) is 2.71. The van der Waals surface area contributed by atoms with Crippen LogP contribution in [0.3, 0.4) is 0 Å². The predicted octanol–water partition coefficient (Wildman–Crippen LogP) is 3.66. The molecule has 0 saturated carbocycles. The zero-order valence-corrected chi connectivity index (χ0v) is 13.1. The molecule has 1 amide bonds. The summed E-state index contributed by atoms with van der Waals surface area (Å²) in [5, 5.41) is 2.87. The number of halogens is 1. The summed E-state index contributed by atoms with van der Waals surface area (Å²) in [7, 11) is 0. The number of hydrogen-bond donors (Lipinski definition) is 1. The lowest BCUT2D eigenvalue weighted by molar-refractivity contribution is -0.150. The Balaban J connectivity index is 1.61. The van der Waals surface area contributed by atoms with E-state index < -0.39 is 5.60 Å². The first-order valence-corrected chi connectivity index (χ1v) is 7.84. The second-order valence-electron chi connectivity index (χ2n) is 5.99. The lowest BCUT2D eigenvalue weighted by Crippen LogP contribution is -2.48. The molecule has 0 radical (unpaired) electrons. The number of carbonyl (C=O) groups is 1. The van der Waals surface area contributed by atoms with Gasteiger partial charge in [-0.25, -0.2) is 4.39 Å². The summed E-state index contributed by atoms with van der Waals surface area (Å²) >= 11 is 0. The highest BCUT2D eigenvalue weighted by Crippen LogP contribution is 2.25. The Morgan fingerprint density at radius 3 is 2.70 bits per heavy atom. The number of furan rings is 1. The number of rotatable bonds is 4. The summed E-state index contributed by atoms with van der Waals surface area (Å²) in [5.74, 6) is 0.900. The van der Waals surface area contributed by atoms with Gasteiger partial charge in [-0.05, 0) is 62.6 Å². The average molecular weight is 317 g/mol. The highest BCUT2D eigenvalue weighted by atomic mass is 19.1. The van der Waals surface area contributed by atoms with Crippen LogP contribution in [-0.2, 0) is 16.1 Å². The van der Waals surface area contributed by atoms with E-state index in [-0.39, 0.29) is 11.7 Å². The molecule has 0 bridgehead atoms. The number of nitrogens with one attached hydrogen (secondary N) is 1. The molecular weight excluding hydrogens is 297 g/mol. The fourth-order valence-corrected chi connectivity index (χ4v) is 2.71. The van der Waals surface area contributed by atoms with Crippen LogP contribution in [0.4, 0.5) is 4.39 Å². The lowest BCUT2D eigenvalue weighted by Gasteiger charge is -2.32. The van der Waals surface area contributed by atoms with Crippen LogP contribution in [0.5, 0.6) is 0 Å². The van der Waals surface area contributed by atoms with Gasteiger partial charge in [0.1, 0.15) is 22.9 Å². The van der Waals surface area contributed by atoms with E-state index in [9.17, 15) is 9.18 Å². The molecule has 4 nitrogen and oxygen atoms in total. The zero-order valence-electron chi connectivity index (χ0n) is 13.1. The first-order valence-electron chi connectivity index (χ1n) is 7.84. The third-order valence-corrected chi connectivity index (χ3v) is 4.16. The van der Waals surface area contributed by atoms with Gasteiger partial charge in [-0.2, -0.15) is 0 Å². The maximum absolute atomic E-state index is 12.9. The van der Waals surface area contributed by atoms with Gasteiger partial charge < -0.3 is 14.5 Å². The van der Waals surface area contributed by atoms with Crippen LogP contribution in [0.15, 0.2) is 40.8 Å². The van der Waals surface area contributed by atoms with Gasteiger partial charge in [-0.3, -0.25) is 4.79 Å². The van der Waals surface area contributed by atoms with Gasteiger partial charge >= 0.3 is 0 Å². The smallest absolute Gasteiger partial charge is 0.252 e. The Morgan fingerprint density at radius 1 is 1.22 bits per heavy atom. The van der Waals surface area contributed by atoms with E-state index >= 15 is 0 Å². The Kier molecular flexibility index (Phi) is 4.48. The molecule has 1 N–H and O–H groups in total. The molecule has 1 atom stereocenters. The molecule has 3 rings (SSSR count). The van der Waals surface area contributed by atoms with Crippen LogP contribution < -0.4 is 5.32 Å². The van der Waals surface area contributed by atoms with Gasteiger partial charge in [-0.15, -0.1) is 0 Å². The summed E-state index contributed by atoms with van der Waals surface area (Å²) in [5.41, 5.74) is 0.0523. The monoisotopic (exact) mass is 317 g/mol. The highest BCUT2D eigenvalue weighted by molar-refractivity contribution is 5.84. The molecule has 5 heteroatoms. The number of carbonyl (C=O) groups excluding carboxylic acids is 1. The van der Waals surface area contributed by atoms with Gasteiger partial charge in [0, 0.05) is 12.2 Å². The minimum atomic E-state index is -0.745. The van der Waals surface area contributed by atoms with E-state index in [1.807, 2.05) is 19.1 Å². The second kappa shape index (κ2) is 6.54. The summed E-state index contributed by atoms with van der Waals surface area (Å²) in [6, 6.07) is 9.72. The molecule has 23 heavy (non-hydrogen) atoms. The fraction of sp³-hybridized carbons (Fsp3) is 0.389. The normalized spacial score (nSPS) is 21.1. The molecule has 2 aromatic rings. The molecule has 1 saturated heterocycles. The first kappa shape index (κ1) is 15.7. The third kappa shape index (κ3) is 3.62. The molecule has 1 aromatic carbocycles. The van der Waals surface area contributed by atoms with Gasteiger partial charge in [0.25, 0.3) is 5.91 Å². The maximum atomic E-state index is 12.9. The van der Waals surface area contributed by atoms with Crippen LogP contribution in [0.2, 0.25) is 0 Å². The topological polar surface area (TPSA) is 51.5 Å². The van der Waals surface area contributed by atoms with Crippen molar-refractivity contribution in [3.8, 4) is 11.3 Å². The van der Waals surface area contributed by atoms with Crippen molar-refractivity contribution in [1.82, 2.24) is 5.32 Å². The van der Waals surface area contributed by atoms with E-state index in [2.05, 4.69) is 5.32 Å². The van der Waals surface area contributed by atoms with Gasteiger partial charge in [0.15, 0.2) is 0 Å². The molecule has 1 aromatic heterocycles. The van der Waals surface area contributed by atoms with E-state index in [4.69, 9.17) is 9.15 Å². The maximum Gasteiger partial charge on any atom is 0.252 e. The van der Waals surface area contributed by atoms with Gasteiger partial charge in [0.05, 0.1) is 6.54 Å². The van der Waals surface area contributed by atoms with Crippen LogP contribution in [0.25, 0.3) is 11.3 Å². The minimum absolute atomic E-state index is 0.114. The molecule has 2 heterocycles. The van der Waals surface area contributed by atoms with Crippen molar-refractivity contribution in [3.05, 3.63) is 48.0 Å². The molecule has 1 aliphatic rings. The van der Waals surface area contributed by atoms with Crippen molar-refractivity contribution < 1.29 is 18.3 Å². The molecule has 0 spiro atoms. The van der Waals surface area contributed by atoms with Gasteiger partial charge in [-0.1, -0.05) is 0 Å². The third-order valence-electron chi connectivity index (χ3n) is 4.16. The molecule has 122 valence electrons. The predicted molar refractivity (Wildman–Crippen MR) is 84.2 cm³/mol. The van der Waals surface area contributed by atoms with Crippen LogP contribution >= 0.6 is 0 Å². The Hall–Kier alpha value is -2.14. The molecule has 1 aliphatic heterocycles.